The van der Waals surface area contributed by atoms with Gasteiger partial charge in [-0.15, -0.1) is 0 Å². The quantitative estimate of drug-likeness (QED) is 0.541. The molecule has 0 spiro atoms. The zero-order valence-electron chi connectivity index (χ0n) is 18.0. The van der Waals surface area contributed by atoms with E-state index in [-0.39, 0.29) is 18.8 Å². The van der Waals surface area contributed by atoms with Gasteiger partial charge in [0.15, 0.2) is 0 Å². The first-order valence-electron chi connectivity index (χ1n) is 10.4. The van der Waals surface area contributed by atoms with E-state index in [4.69, 9.17) is 14.2 Å². The maximum absolute atomic E-state index is 10.7. The third-order valence-corrected chi connectivity index (χ3v) is 5.58. The molecule has 2 aromatic carbocycles. The molecule has 0 aliphatic carbocycles. The molecule has 6 nitrogen and oxygen atoms in total. The van der Waals surface area contributed by atoms with E-state index in [9.17, 15) is 15.3 Å². The van der Waals surface area contributed by atoms with Gasteiger partial charge in [0.1, 0.15) is 22.8 Å². The topological polar surface area (TPSA) is 88.4 Å². The van der Waals surface area contributed by atoms with Crippen LogP contribution in [0.15, 0.2) is 30.3 Å². The lowest BCUT2D eigenvalue weighted by atomic mass is 9.91. The normalized spacial score (nSPS) is 15.8. The van der Waals surface area contributed by atoms with Crippen molar-refractivity contribution in [2.75, 3.05) is 13.7 Å². The summed E-state index contributed by atoms with van der Waals surface area (Å²) in [5.74, 6) is 2.17. The van der Waals surface area contributed by atoms with Crippen LogP contribution >= 0.6 is 0 Å². The van der Waals surface area contributed by atoms with Crippen LogP contribution in [0.1, 0.15) is 61.5 Å². The van der Waals surface area contributed by atoms with Gasteiger partial charge in [-0.1, -0.05) is 6.07 Å². The lowest BCUT2D eigenvalue weighted by molar-refractivity contribution is 0.0829. The number of aliphatic hydroxyl groups excluding tert-OH is 3. The first-order valence-corrected chi connectivity index (χ1v) is 10.4. The van der Waals surface area contributed by atoms with Crippen molar-refractivity contribution in [2.45, 2.75) is 64.4 Å². The Balaban J connectivity index is 1.60. The third-order valence-electron chi connectivity index (χ3n) is 5.58. The van der Waals surface area contributed by atoms with E-state index in [1.807, 2.05) is 12.1 Å². The lowest BCUT2D eigenvalue weighted by Crippen LogP contribution is -2.32. The van der Waals surface area contributed by atoms with Gasteiger partial charge in [-0.05, 0) is 74.9 Å². The van der Waals surface area contributed by atoms with Gasteiger partial charge in [-0.2, -0.15) is 0 Å². The molecule has 6 heteroatoms. The maximum Gasteiger partial charge on any atom is 0.131 e. The van der Waals surface area contributed by atoms with E-state index in [0.717, 1.165) is 29.7 Å². The van der Waals surface area contributed by atoms with Crippen LogP contribution in [-0.2, 0) is 19.6 Å². The summed E-state index contributed by atoms with van der Waals surface area (Å²) in [6.45, 7) is 4.32. The van der Waals surface area contributed by atoms with E-state index in [1.54, 1.807) is 25.3 Å². The fraction of sp³-hybridized carbons (Fsp3) is 0.500. The third kappa shape index (κ3) is 5.06. The van der Waals surface area contributed by atoms with Crippen LogP contribution < -0.4 is 14.2 Å². The molecule has 3 rings (SSSR count). The van der Waals surface area contributed by atoms with Crippen molar-refractivity contribution in [2.24, 2.45) is 0 Å². The second-order valence-corrected chi connectivity index (χ2v) is 8.28. The molecule has 2 aromatic rings. The van der Waals surface area contributed by atoms with Gasteiger partial charge in [-0.25, -0.2) is 0 Å². The van der Waals surface area contributed by atoms with Crippen LogP contribution in [-0.4, -0.2) is 34.6 Å². The molecule has 164 valence electrons. The van der Waals surface area contributed by atoms with Crippen molar-refractivity contribution in [3.05, 3.63) is 52.6 Å². The van der Waals surface area contributed by atoms with Gasteiger partial charge in [0.25, 0.3) is 0 Å². The molecule has 1 aliphatic heterocycles. The molecule has 0 aromatic heterocycles. The molecule has 0 saturated heterocycles. The minimum Gasteiger partial charge on any atom is -0.496 e. The molecule has 0 amide bonds. The molecule has 0 fully saturated rings. The van der Waals surface area contributed by atoms with E-state index in [1.165, 1.54) is 0 Å². The number of aliphatic hydroxyl groups is 3. The van der Waals surface area contributed by atoms with Crippen molar-refractivity contribution in [3.63, 3.8) is 0 Å². The van der Waals surface area contributed by atoms with E-state index in [0.29, 0.717) is 42.1 Å². The first kappa shape index (κ1) is 22.4. The molecule has 1 unspecified atom stereocenters. The Morgan fingerprint density at radius 1 is 1.10 bits per heavy atom. The number of hydrogen-bond donors (Lipinski definition) is 3. The number of fused-ring (bicyclic) bond motifs is 1. The highest BCUT2D eigenvalue weighted by molar-refractivity contribution is 5.52. The fourth-order valence-corrected chi connectivity index (χ4v) is 3.85. The molecular formula is C24H32O6. The standard InChI is InChI=1S/C24H32O6/c1-24(2)11-10-20-22(30-24)9-8-19(23(20)28-3)21(27)5-4-12-29-18-7-6-16(14-25)17(13-18)15-26/h6-9,13,21,25-27H,4-5,10-12,14-15H2,1-3H3. The van der Waals surface area contributed by atoms with Crippen LogP contribution in [0.25, 0.3) is 0 Å². The Kier molecular flexibility index (Phi) is 7.23. The van der Waals surface area contributed by atoms with Gasteiger partial charge in [0.05, 0.1) is 33.0 Å². The molecule has 3 N–H and O–H groups in total. The highest BCUT2D eigenvalue weighted by Gasteiger charge is 2.30. The Bertz CT molecular complexity index is 861. The average Bonchev–Trinajstić information content (AvgIpc) is 2.74. The predicted octanol–water partition coefficient (Wildman–Crippen LogP) is 3.68. The smallest absolute Gasteiger partial charge is 0.131 e. The summed E-state index contributed by atoms with van der Waals surface area (Å²) in [7, 11) is 1.63. The Morgan fingerprint density at radius 3 is 2.57 bits per heavy atom. The Labute approximate surface area is 178 Å². The van der Waals surface area contributed by atoms with Crippen LogP contribution in [0.3, 0.4) is 0 Å². The minimum absolute atomic E-state index is 0.118. The van der Waals surface area contributed by atoms with E-state index in [2.05, 4.69) is 13.8 Å². The second-order valence-electron chi connectivity index (χ2n) is 8.28. The van der Waals surface area contributed by atoms with E-state index >= 15 is 0 Å². The number of benzene rings is 2. The fourth-order valence-electron chi connectivity index (χ4n) is 3.85. The number of rotatable bonds is 9. The monoisotopic (exact) mass is 416 g/mol. The van der Waals surface area contributed by atoms with Gasteiger partial charge >= 0.3 is 0 Å². The van der Waals surface area contributed by atoms with E-state index < -0.39 is 6.10 Å². The summed E-state index contributed by atoms with van der Waals surface area (Å²) in [6.07, 6.45) is 2.28. The molecule has 1 heterocycles. The predicted molar refractivity (Wildman–Crippen MR) is 114 cm³/mol. The molecule has 1 atom stereocenters. The van der Waals surface area contributed by atoms with Crippen LogP contribution in [0.4, 0.5) is 0 Å². The maximum atomic E-state index is 10.7. The highest BCUT2D eigenvalue weighted by Crippen LogP contribution is 2.42. The van der Waals surface area contributed by atoms with Crippen LogP contribution in [0.5, 0.6) is 17.2 Å². The minimum atomic E-state index is -0.659. The van der Waals surface area contributed by atoms with Crippen LogP contribution in [0, 0.1) is 0 Å². The number of hydrogen-bond acceptors (Lipinski definition) is 6. The zero-order chi connectivity index (χ0) is 21.7. The highest BCUT2D eigenvalue weighted by atomic mass is 16.5. The Hall–Kier alpha value is -2.28. The van der Waals surface area contributed by atoms with Crippen molar-refractivity contribution in [1.82, 2.24) is 0 Å². The van der Waals surface area contributed by atoms with Crippen molar-refractivity contribution >= 4 is 0 Å². The number of methoxy groups -OCH3 is 1. The molecule has 0 saturated carbocycles. The van der Waals surface area contributed by atoms with Gasteiger partial charge < -0.3 is 29.5 Å². The lowest BCUT2D eigenvalue weighted by Gasteiger charge is -2.34. The molecule has 0 radical (unpaired) electrons. The SMILES string of the molecule is COc1c(C(O)CCCOc2ccc(CO)c(CO)c2)ccc2c1CCC(C)(C)O2. The first-order chi connectivity index (χ1) is 14.4. The van der Waals surface area contributed by atoms with Crippen molar-refractivity contribution in [1.29, 1.82) is 0 Å². The largest absolute Gasteiger partial charge is 0.496 e. The zero-order valence-corrected chi connectivity index (χ0v) is 18.0. The average molecular weight is 417 g/mol. The Morgan fingerprint density at radius 2 is 1.87 bits per heavy atom. The van der Waals surface area contributed by atoms with Crippen molar-refractivity contribution < 1.29 is 29.5 Å². The van der Waals surface area contributed by atoms with Gasteiger partial charge in [-0.3, -0.25) is 0 Å². The summed E-state index contributed by atoms with van der Waals surface area (Å²) in [6, 6.07) is 9.06. The second kappa shape index (κ2) is 9.69. The summed E-state index contributed by atoms with van der Waals surface area (Å²) in [4.78, 5) is 0. The van der Waals surface area contributed by atoms with Gasteiger partial charge in [0, 0.05) is 11.1 Å². The summed E-state index contributed by atoms with van der Waals surface area (Å²) < 4.78 is 17.5. The van der Waals surface area contributed by atoms with Crippen molar-refractivity contribution in [3.8, 4) is 17.2 Å². The summed E-state index contributed by atoms with van der Waals surface area (Å²) in [5, 5.41) is 29.4. The molecule has 0 bridgehead atoms. The molecule has 1 aliphatic rings. The number of ether oxygens (including phenoxy) is 3. The molecule has 30 heavy (non-hydrogen) atoms. The summed E-state index contributed by atoms with van der Waals surface area (Å²) in [5.41, 5.74) is 2.94. The molecular weight excluding hydrogens is 384 g/mol. The van der Waals surface area contributed by atoms with Gasteiger partial charge in [0.2, 0.25) is 0 Å². The summed E-state index contributed by atoms with van der Waals surface area (Å²) >= 11 is 0. The van der Waals surface area contributed by atoms with Crippen LogP contribution in [0.2, 0.25) is 0 Å².